The van der Waals surface area contributed by atoms with Crippen LogP contribution in [-0.4, -0.2) is 59.3 Å². The zero-order chi connectivity index (χ0) is 22.9. The lowest BCUT2D eigenvalue weighted by Crippen LogP contribution is -2.30. The van der Waals surface area contributed by atoms with Crippen LogP contribution in [0.25, 0.3) is 0 Å². The number of aromatic hydroxyl groups is 1. The first-order valence-electron chi connectivity index (χ1n) is 9.57. The number of carbonyl (C=O) groups excluding carboxylic acids is 1. The minimum absolute atomic E-state index is 0.00438. The van der Waals surface area contributed by atoms with Gasteiger partial charge in [-0.05, 0) is 36.8 Å². The summed E-state index contributed by atoms with van der Waals surface area (Å²) in [6, 6.07) is 5.73. The highest BCUT2D eigenvalue weighted by Gasteiger charge is 2.32. The maximum Gasteiger partial charge on any atom is 0.197 e. The van der Waals surface area contributed by atoms with Gasteiger partial charge in [0.25, 0.3) is 0 Å². The molecule has 0 aromatic heterocycles. The molecule has 1 heterocycles. The lowest BCUT2D eigenvalue weighted by atomic mass is 9.99. The van der Waals surface area contributed by atoms with Gasteiger partial charge in [-0.2, -0.15) is 0 Å². The van der Waals surface area contributed by atoms with Gasteiger partial charge in [0, 0.05) is 29.8 Å². The largest absolute Gasteiger partial charge is 0.507 e. The fourth-order valence-electron chi connectivity index (χ4n) is 3.58. The number of fused-ring (bicyclic) bond motifs is 1. The van der Waals surface area contributed by atoms with Crippen LogP contribution in [0.15, 0.2) is 24.3 Å². The van der Waals surface area contributed by atoms with E-state index in [2.05, 4.69) is 0 Å². The SMILES string of the molecule is COc1cc2c(c(F)c1OC)C(=N)N(CC(=O)c1ccc(O)c(C(=N)CC(C)O)c1)C2. The molecule has 31 heavy (non-hydrogen) atoms. The zero-order valence-corrected chi connectivity index (χ0v) is 17.5. The van der Waals surface area contributed by atoms with E-state index < -0.39 is 11.9 Å². The van der Waals surface area contributed by atoms with Gasteiger partial charge in [0.1, 0.15) is 11.6 Å². The van der Waals surface area contributed by atoms with Crippen molar-refractivity contribution in [3.05, 3.63) is 52.3 Å². The molecule has 0 radical (unpaired) electrons. The second-order valence-corrected chi connectivity index (χ2v) is 7.35. The van der Waals surface area contributed by atoms with E-state index in [9.17, 15) is 19.4 Å². The lowest BCUT2D eigenvalue weighted by Gasteiger charge is -2.17. The summed E-state index contributed by atoms with van der Waals surface area (Å²) < 4.78 is 25.1. The van der Waals surface area contributed by atoms with Crippen molar-refractivity contribution in [2.24, 2.45) is 0 Å². The molecule has 0 saturated carbocycles. The number of rotatable bonds is 8. The van der Waals surface area contributed by atoms with Crippen molar-refractivity contribution < 1.29 is 28.9 Å². The molecule has 1 aliphatic rings. The number of aliphatic hydroxyl groups is 1. The first-order valence-corrected chi connectivity index (χ1v) is 9.57. The number of carbonyl (C=O) groups is 1. The van der Waals surface area contributed by atoms with Crippen molar-refractivity contribution >= 4 is 17.3 Å². The minimum Gasteiger partial charge on any atom is -0.507 e. The maximum atomic E-state index is 14.9. The average molecular weight is 429 g/mol. The summed E-state index contributed by atoms with van der Waals surface area (Å²) in [4.78, 5) is 14.3. The molecule has 164 valence electrons. The van der Waals surface area contributed by atoms with Gasteiger partial charge >= 0.3 is 0 Å². The van der Waals surface area contributed by atoms with Gasteiger partial charge < -0.3 is 30.0 Å². The van der Waals surface area contributed by atoms with Gasteiger partial charge in [-0.1, -0.05) is 0 Å². The number of phenolic OH excluding ortho intramolecular Hbond substituents is 1. The molecule has 0 saturated heterocycles. The molecule has 1 unspecified atom stereocenters. The van der Waals surface area contributed by atoms with Crippen LogP contribution >= 0.6 is 0 Å². The number of nitrogens with one attached hydrogen (secondary N) is 2. The van der Waals surface area contributed by atoms with Crippen LogP contribution in [0.5, 0.6) is 17.2 Å². The molecule has 9 heteroatoms. The molecular formula is C22H24FN3O5. The number of benzene rings is 2. The fraction of sp³-hybridized carbons (Fsp3) is 0.318. The van der Waals surface area contributed by atoms with Crippen LogP contribution < -0.4 is 9.47 Å². The molecule has 4 N–H and O–H groups in total. The number of hydrogen-bond acceptors (Lipinski definition) is 7. The smallest absolute Gasteiger partial charge is 0.197 e. The molecule has 1 atom stereocenters. The second kappa shape index (κ2) is 8.73. The Bertz CT molecular complexity index is 1070. The Morgan fingerprint density at radius 1 is 1.29 bits per heavy atom. The zero-order valence-electron chi connectivity index (χ0n) is 17.5. The van der Waals surface area contributed by atoms with E-state index in [4.69, 9.17) is 20.3 Å². The summed E-state index contributed by atoms with van der Waals surface area (Å²) in [6.45, 7) is 1.49. The van der Waals surface area contributed by atoms with Crippen LogP contribution in [0.3, 0.4) is 0 Å². The summed E-state index contributed by atoms with van der Waals surface area (Å²) in [5.74, 6) is -1.26. The molecule has 0 bridgehead atoms. The van der Waals surface area contributed by atoms with Gasteiger partial charge in [-0.25, -0.2) is 4.39 Å². The normalized spacial score (nSPS) is 13.7. The van der Waals surface area contributed by atoms with Gasteiger partial charge in [-0.3, -0.25) is 10.2 Å². The van der Waals surface area contributed by atoms with E-state index in [0.29, 0.717) is 5.56 Å². The third-order valence-electron chi connectivity index (χ3n) is 5.08. The Morgan fingerprint density at radius 3 is 2.61 bits per heavy atom. The highest BCUT2D eigenvalue weighted by molar-refractivity contribution is 6.07. The van der Waals surface area contributed by atoms with Crippen LogP contribution in [0, 0.1) is 16.6 Å². The number of Topliss-reactive ketones (excluding diaryl/α,β-unsaturated/α-hetero) is 1. The number of ether oxygens (including phenoxy) is 2. The Hall–Kier alpha value is -3.46. The first kappa shape index (κ1) is 22.2. The van der Waals surface area contributed by atoms with E-state index in [-0.39, 0.29) is 70.8 Å². The topological polar surface area (TPSA) is 127 Å². The minimum atomic E-state index is -0.765. The number of phenols is 1. The Labute approximate surface area is 178 Å². The van der Waals surface area contributed by atoms with Crippen molar-refractivity contribution in [2.45, 2.75) is 26.0 Å². The highest BCUT2D eigenvalue weighted by atomic mass is 19.1. The molecule has 0 amide bonds. The van der Waals surface area contributed by atoms with Crippen molar-refractivity contribution in [1.29, 1.82) is 10.8 Å². The lowest BCUT2D eigenvalue weighted by molar-refractivity contribution is 0.0962. The van der Waals surface area contributed by atoms with Crippen molar-refractivity contribution in [1.82, 2.24) is 4.90 Å². The second-order valence-electron chi connectivity index (χ2n) is 7.35. The summed E-state index contributed by atoms with van der Waals surface area (Å²) >= 11 is 0. The molecule has 0 aliphatic carbocycles. The predicted molar refractivity (Wildman–Crippen MR) is 112 cm³/mol. The first-order chi connectivity index (χ1) is 14.7. The van der Waals surface area contributed by atoms with E-state index in [1.807, 2.05) is 0 Å². The third kappa shape index (κ3) is 4.22. The van der Waals surface area contributed by atoms with E-state index in [1.165, 1.54) is 44.2 Å². The average Bonchev–Trinajstić information content (AvgIpc) is 3.02. The number of nitrogens with zero attached hydrogens (tertiary/aromatic N) is 1. The molecule has 0 fully saturated rings. The quantitative estimate of drug-likeness (QED) is 0.378. The number of ketones is 1. The number of aliphatic hydroxyl groups excluding tert-OH is 1. The number of halogens is 1. The van der Waals surface area contributed by atoms with Crippen molar-refractivity contribution in [3.63, 3.8) is 0 Å². The number of hydrogen-bond donors (Lipinski definition) is 4. The monoisotopic (exact) mass is 429 g/mol. The summed E-state index contributed by atoms with van der Waals surface area (Å²) in [5.41, 5.74) is 0.980. The molecule has 3 rings (SSSR count). The summed E-state index contributed by atoms with van der Waals surface area (Å²) in [5, 5.41) is 35.9. The van der Waals surface area contributed by atoms with Crippen LogP contribution in [-0.2, 0) is 6.54 Å². The van der Waals surface area contributed by atoms with Gasteiger partial charge in [-0.15, -0.1) is 0 Å². The standard InChI is InChI=1S/C22H24FN3O5/c1-11(27)6-15(24)14-7-12(4-5-16(14)28)17(29)10-26-9-13-8-18(30-2)21(31-3)20(23)19(13)22(26)25/h4-5,7-8,11,24-25,27-28H,6,9-10H2,1-3H3. The number of methoxy groups -OCH3 is 2. The fourth-order valence-corrected chi connectivity index (χ4v) is 3.58. The summed E-state index contributed by atoms with van der Waals surface area (Å²) in [7, 11) is 2.70. The van der Waals surface area contributed by atoms with Crippen LogP contribution in [0.1, 0.15) is 40.4 Å². The number of amidine groups is 1. The Kier molecular flexibility index (Phi) is 6.26. The third-order valence-corrected chi connectivity index (χ3v) is 5.08. The Morgan fingerprint density at radius 2 is 2.00 bits per heavy atom. The molecule has 2 aromatic rings. The van der Waals surface area contributed by atoms with Gasteiger partial charge in [0.15, 0.2) is 23.1 Å². The van der Waals surface area contributed by atoms with Crippen LogP contribution in [0.2, 0.25) is 0 Å². The molecule has 2 aromatic carbocycles. The molecule has 1 aliphatic heterocycles. The predicted octanol–water partition coefficient (Wildman–Crippen LogP) is 2.71. The molecular weight excluding hydrogens is 405 g/mol. The van der Waals surface area contributed by atoms with E-state index >= 15 is 0 Å². The Balaban J connectivity index is 1.84. The van der Waals surface area contributed by atoms with Crippen molar-refractivity contribution in [3.8, 4) is 17.2 Å². The summed E-state index contributed by atoms with van der Waals surface area (Å²) in [6.07, 6.45) is -0.737. The van der Waals surface area contributed by atoms with E-state index in [0.717, 1.165) is 0 Å². The van der Waals surface area contributed by atoms with Crippen molar-refractivity contribution in [2.75, 3.05) is 20.8 Å². The highest BCUT2D eigenvalue weighted by Crippen LogP contribution is 2.38. The maximum absolute atomic E-state index is 14.9. The molecule has 0 spiro atoms. The van der Waals surface area contributed by atoms with E-state index in [1.54, 1.807) is 6.07 Å². The van der Waals surface area contributed by atoms with Gasteiger partial charge in [0.05, 0.1) is 32.4 Å². The van der Waals surface area contributed by atoms with Gasteiger partial charge in [0.2, 0.25) is 0 Å². The van der Waals surface area contributed by atoms with Crippen LogP contribution in [0.4, 0.5) is 4.39 Å². The molecule has 8 nitrogen and oxygen atoms in total.